The molecule has 0 bridgehead atoms. The van der Waals surface area contributed by atoms with Crippen LogP contribution in [0.15, 0.2) is 34.8 Å². The van der Waals surface area contributed by atoms with E-state index in [4.69, 9.17) is 11.0 Å². The summed E-state index contributed by atoms with van der Waals surface area (Å²) < 4.78 is 1.13. The molecule has 0 aliphatic carbocycles. The van der Waals surface area contributed by atoms with Crippen LogP contribution in [-0.4, -0.2) is 21.0 Å². The number of nitrogens with two attached hydrogens (primary N) is 1. The van der Waals surface area contributed by atoms with E-state index in [1.165, 1.54) is 23.0 Å². The minimum absolute atomic E-state index is 0.132. The van der Waals surface area contributed by atoms with Gasteiger partial charge in [0, 0.05) is 11.6 Å². The highest BCUT2D eigenvalue weighted by molar-refractivity contribution is 7.07. The minimum Gasteiger partial charge on any atom is -0.504 e. The van der Waals surface area contributed by atoms with Crippen molar-refractivity contribution in [2.75, 3.05) is 0 Å². The predicted molar refractivity (Wildman–Crippen MR) is 78.3 cm³/mol. The van der Waals surface area contributed by atoms with Gasteiger partial charge in [-0.1, -0.05) is 11.3 Å². The van der Waals surface area contributed by atoms with Crippen molar-refractivity contribution in [2.45, 2.75) is 0 Å². The van der Waals surface area contributed by atoms with Gasteiger partial charge in [-0.3, -0.25) is 10.1 Å². The van der Waals surface area contributed by atoms with E-state index in [9.17, 15) is 25.1 Å². The SMILES string of the molecule is N#C/C(C(=O)[n+]1ccsc1)=C(/N)c1cc(O)c(O)c([N+](=O)[O-])c1. The molecule has 9 nitrogen and oxygen atoms in total. The van der Waals surface area contributed by atoms with Crippen LogP contribution >= 0.6 is 11.3 Å². The first-order valence-electron chi connectivity index (χ1n) is 5.95. The van der Waals surface area contributed by atoms with E-state index in [-0.39, 0.29) is 11.3 Å². The van der Waals surface area contributed by atoms with Crippen LogP contribution in [0.3, 0.4) is 0 Å². The summed E-state index contributed by atoms with van der Waals surface area (Å²) in [6, 6.07) is 3.45. The third kappa shape index (κ3) is 2.94. The van der Waals surface area contributed by atoms with Gasteiger partial charge in [-0.2, -0.15) is 5.26 Å². The molecule has 1 heterocycles. The van der Waals surface area contributed by atoms with Crippen molar-refractivity contribution in [3.63, 3.8) is 0 Å². The number of hydrogen-bond acceptors (Lipinski definition) is 8. The highest BCUT2D eigenvalue weighted by atomic mass is 32.1. The van der Waals surface area contributed by atoms with E-state index in [0.29, 0.717) is 0 Å². The Hall–Kier alpha value is -3.45. The molecule has 0 saturated heterocycles. The number of nitrogens with zero attached hydrogens (tertiary/aromatic N) is 3. The summed E-state index contributed by atoms with van der Waals surface area (Å²) in [5, 5.41) is 40.6. The number of phenols is 2. The largest absolute Gasteiger partial charge is 0.504 e. The monoisotopic (exact) mass is 333 g/mol. The molecule has 0 saturated carbocycles. The van der Waals surface area contributed by atoms with E-state index in [1.54, 1.807) is 11.4 Å². The van der Waals surface area contributed by atoms with Crippen LogP contribution in [0, 0.1) is 21.4 Å². The van der Waals surface area contributed by atoms with Gasteiger partial charge < -0.3 is 15.9 Å². The lowest BCUT2D eigenvalue weighted by Crippen LogP contribution is -2.41. The van der Waals surface area contributed by atoms with Crippen LogP contribution in [-0.2, 0) is 0 Å². The predicted octanol–water partition coefficient (Wildman–Crippen LogP) is 0.889. The molecular formula is C13H9N4O5S+. The number of phenolic OH excluding ortho intramolecular Hbond substituents is 2. The van der Waals surface area contributed by atoms with Gasteiger partial charge in [0.25, 0.3) is 0 Å². The fourth-order valence-electron chi connectivity index (χ4n) is 1.75. The maximum atomic E-state index is 12.2. The fourth-order valence-corrected chi connectivity index (χ4v) is 2.32. The van der Waals surface area contributed by atoms with Crippen molar-refractivity contribution in [3.8, 4) is 17.6 Å². The van der Waals surface area contributed by atoms with Gasteiger partial charge in [-0.15, -0.1) is 4.57 Å². The Morgan fingerprint density at radius 2 is 2.13 bits per heavy atom. The molecule has 2 aromatic rings. The Morgan fingerprint density at radius 3 is 2.65 bits per heavy atom. The molecule has 0 amide bonds. The second kappa shape index (κ2) is 6.12. The number of nitro benzene ring substituents is 1. The van der Waals surface area contributed by atoms with E-state index < -0.39 is 33.6 Å². The molecule has 2 rings (SSSR count). The van der Waals surface area contributed by atoms with E-state index in [2.05, 4.69) is 0 Å². The van der Waals surface area contributed by atoms with Gasteiger partial charge in [0.2, 0.25) is 11.3 Å². The first kappa shape index (κ1) is 15.9. The van der Waals surface area contributed by atoms with E-state index in [0.717, 1.165) is 16.7 Å². The Balaban J connectivity index is 2.61. The highest BCUT2D eigenvalue weighted by Gasteiger charge is 2.27. The zero-order chi connectivity index (χ0) is 17.1. The van der Waals surface area contributed by atoms with Crippen molar-refractivity contribution >= 4 is 28.6 Å². The van der Waals surface area contributed by atoms with Gasteiger partial charge in [0.05, 0.1) is 16.0 Å². The van der Waals surface area contributed by atoms with Crippen LogP contribution in [0.25, 0.3) is 5.70 Å². The first-order valence-corrected chi connectivity index (χ1v) is 6.89. The topological polar surface area (TPSA) is 154 Å². The molecule has 0 unspecified atom stereocenters. The number of hydrogen-bond donors (Lipinski definition) is 3. The summed E-state index contributed by atoms with van der Waals surface area (Å²) in [6.45, 7) is 0. The number of allylic oxidation sites excluding steroid dienone is 1. The summed E-state index contributed by atoms with van der Waals surface area (Å²) >= 11 is 1.22. The molecule has 116 valence electrons. The van der Waals surface area contributed by atoms with Gasteiger partial charge in [-0.05, 0) is 6.07 Å². The van der Waals surface area contributed by atoms with Gasteiger partial charge in [-0.25, -0.2) is 4.79 Å². The summed E-state index contributed by atoms with van der Waals surface area (Å²) in [7, 11) is 0. The lowest BCUT2D eigenvalue weighted by atomic mass is 10.1. The van der Waals surface area contributed by atoms with Gasteiger partial charge in [0.1, 0.15) is 6.07 Å². The van der Waals surface area contributed by atoms with Crippen LogP contribution < -0.4 is 10.3 Å². The van der Waals surface area contributed by atoms with Gasteiger partial charge in [0.15, 0.2) is 17.5 Å². The summed E-state index contributed by atoms with van der Waals surface area (Å²) in [5.41, 5.74) is 5.47. The van der Waals surface area contributed by atoms with Gasteiger partial charge >= 0.3 is 11.6 Å². The van der Waals surface area contributed by atoms with Crippen molar-refractivity contribution < 1.29 is 24.5 Å². The normalized spacial score (nSPS) is 11.4. The second-order valence-corrected chi connectivity index (χ2v) is 5.01. The first-order chi connectivity index (χ1) is 10.9. The van der Waals surface area contributed by atoms with Crippen LogP contribution in [0.4, 0.5) is 5.69 Å². The lowest BCUT2D eigenvalue weighted by molar-refractivity contribution is -0.565. The van der Waals surface area contributed by atoms with Crippen molar-refractivity contribution in [3.05, 3.63) is 50.5 Å². The number of thiazole rings is 1. The summed E-state index contributed by atoms with van der Waals surface area (Å²) in [4.78, 5) is 22.1. The number of carbonyl (C=O) groups is 1. The lowest BCUT2D eigenvalue weighted by Gasteiger charge is -2.05. The molecule has 0 radical (unpaired) electrons. The molecule has 4 N–H and O–H groups in total. The zero-order valence-corrected chi connectivity index (χ0v) is 12.1. The third-order valence-electron chi connectivity index (χ3n) is 2.88. The van der Waals surface area contributed by atoms with Crippen LogP contribution in [0.5, 0.6) is 11.5 Å². The maximum absolute atomic E-state index is 12.2. The van der Waals surface area contributed by atoms with E-state index in [1.807, 2.05) is 0 Å². The molecule has 0 fully saturated rings. The fraction of sp³-hybridized carbons (Fsp3) is 0. The number of nitro groups is 1. The quantitative estimate of drug-likeness (QED) is 0.188. The number of aromatic nitrogens is 1. The Bertz CT molecular complexity index is 867. The average Bonchev–Trinajstić information content (AvgIpc) is 3.04. The Labute approximate surface area is 132 Å². The molecule has 1 aromatic heterocycles. The molecule has 0 aliphatic rings. The van der Waals surface area contributed by atoms with Crippen molar-refractivity contribution in [2.24, 2.45) is 5.73 Å². The van der Waals surface area contributed by atoms with Crippen LogP contribution in [0.2, 0.25) is 0 Å². The molecule has 0 atom stereocenters. The number of aromatic hydroxyl groups is 2. The van der Waals surface area contributed by atoms with Crippen LogP contribution in [0.1, 0.15) is 10.4 Å². The molecule has 0 spiro atoms. The number of benzene rings is 1. The highest BCUT2D eigenvalue weighted by Crippen LogP contribution is 2.37. The smallest absolute Gasteiger partial charge is 0.438 e. The molecular weight excluding hydrogens is 324 g/mol. The Kier molecular flexibility index (Phi) is 4.24. The third-order valence-corrected chi connectivity index (χ3v) is 3.51. The number of carbonyl (C=O) groups excluding carboxylic acids is 1. The van der Waals surface area contributed by atoms with Crippen molar-refractivity contribution in [1.29, 1.82) is 5.26 Å². The molecule has 10 heteroatoms. The summed E-state index contributed by atoms with van der Waals surface area (Å²) in [5.74, 6) is -2.44. The zero-order valence-electron chi connectivity index (χ0n) is 11.3. The van der Waals surface area contributed by atoms with E-state index >= 15 is 0 Å². The average molecular weight is 333 g/mol. The number of nitriles is 1. The maximum Gasteiger partial charge on any atom is 0.438 e. The summed E-state index contributed by atoms with van der Waals surface area (Å²) in [6.07, 6.45) is 1.42. The Morgan fingerprint density at radius 1 is 1.43 bits per heavy atom. The molecule has 1 aromatic carbocycles. The minimum atomic E-state index is -0.927. The number of rotatable bonds is 3. The molecule has 0 aliphatic heterocycles. The van der Waals surface area contributed by atoms with Crippen molar-refractivity contribution in [1.82, 2.24) is 0 Å². The molecule has 23 heavy (non-hydrogen) atoms. The second-order valence-electron chi connectivity index (χ2n) is 4.26. The standard InChI is InChI=1S/C13H8N4O5S/c14-5-8(13(20)16-1-2-23-6-16)11(15)7-3-9(17(21)22)12(19)10(18)4-7/h1-4,6H,(H3-,15,18,19,20)/p+1.